The molecule has 1 aliphatic heterocycles. The topological polar surface area (TPSA) is 68.6 Å². The van der Waals surface area contributed by atoms with Gasteiger partial charge in [-0.25, -0.2) is 4.79 Å². The SMILES string of the molecule is Cc1c(CNC(=O)N(CCOc2ccccc2)C[C@@H]2CCCO2)cnn1C. The first-order chi connectivity index (χ1) is 13.1. The van der Waals surface area contributed by atoms with Crippen LogP contribution in [0.15, 0.2) is 36.5 Å². The molecule has 1 saturated heterocycles. The number of nitrogens with one attached hydrogen (secondary N) is 1. The molecule has 0 bridgehead atoms. The number of ether oxygens (including phenoxy) is 2. The number of aromatic nitrogens is 2. The summed E-state index contributed by atoms with van der Waals surface area (Å²) in [4.78, 5) is 14.5. The van der Waals surface area contributed by atoms with Gasteiger partial charge in [0.1, 0.15) is 12.4 Å². The third-order valence-electron chi connectivity index (χ3n) is 4.88. The van der Waals surface area contributed by atoms with E-state index in [1.54, 1.807) is 15.8 Å². The Morgan fingerprint density at radius 1 is 1.41 bits per heavy atom. The Kier molecular flexibility index (Phi) is 6.70. The second-order valence-electron chi connectivity index (χ2n) is 6.78. The highest BCUT2D eigenvalue weighted by atomic mass is 16.5. The van der Waals surface area contributed by atoms with E-state index in [2.05, 4.69) is 10.4 Å². The van der Waals surface area contributed by atoms with Crippen LogP contribution in [0, 0.1) is 6.92 Å². The number of aryl methyl sites for hydroxylation is 1. The fraction of sp³-hybridized carbons (Fsp3) is 0.500. The van der Waals surface area contributed by atoms with Crippen LogP contribution in [0.2, 0.25) is 0 Å². The number of urea groups is 1. The highest BCUT2D eigenvalue weighted by molar-refractivity contribution is 5.74. The monoisotopic (exact) mass is 372 g/mol. The summed E-state index contributed by atoms with van der Waals surface area (Å²) in [5, 5.41) is 7.22. The third kappa shape index (κ3) is 5.47. The lowest BCUT2D eigenvalue weighted by Gasteiger charge is -2.25. The van der Waals surface area contributed by atoms with Gasteiger partial charge in [0, 0.05) is 38.0 Å². The maximum atomic E-state index is 12.7. The molecule has 27 heavy (non-hydrogen) atoms. The number of amides is 2. The fourth-order valence-electron chi connectivity index (χ4n) is 3.10. The van der Waals surface area contributed by atoms with Crippen molar-refractivity contribution in [3.8, 4) is 5.75 Å². The van der Waals surface area contributed by atoms with Gasteiger partial charge in [0.15, 0.2) is 0 Å². The van der Waals surface area contributed by atoms with Crippen molar-refractivity contribution in [3.63, 3.8) is 0 Å². The molecule has 2 aromatic rings. The minimum absolute atomic E-state index is 0.104. The van der Waals surface area contributed by atoms with Crippen molar-refractivity contribution >= 4 is 6.03 Å². The van der Waals surface area contributed by atoms with Crippen molar-refractivity contribution in [1.82, 2.24) is 20.0 Å². The van der Waals surface area contributed by atoms with Crippen LogP contribution < -0.4 is 10.1 Å². The molecule has 1 fully saturated rings. The zero-order chi connectivity index (χ0) is 19.1. The van der Waals surface area contributed by atoms with Crippen LogP contribution >= 0.6 is 0 Å². The molecule has 2 amide bonds. The van der Waals surface area contributed by atoms with E-state index < -0.39 is 0 Å². The molecule has 2 heterocycles. The molecule has 146 valence electrons. The predicted octanol–water partition coefficient (Wildman–Crippen LogP) is 2.50. The first kappa shape index (κ1) is 19.2. The number of benzene rings is 1. The lowest BCUT2D eigenvalue weighted by Crippen LogP contribution is -2.45. The van der Waals surface area contributed by atoms with Crippen LogP contribution in [0.3, 0.4) is 0 Å². The van der Waals surface area contributed by atoms with Gasteiger partial charge in [0.25, 0.3) is 0 Å². The van der Waals surface area contributed by atoms with Crippen LogP contribution in [0.25, 0.3) is 0 Å². The van der Waals surface area contributed by atoms with Crippen LogP contribution in [0.4, 0.5) is 4.79 Å². The summed E-state index contributed by atoms with van der Waals surface area (Å²) in [6, 6.07) is 9.53. The van der Waals surface area contributed by atoms with Crippen LogP contribution in [-0.2, 0) is 18.3 Å². The number of carbonyl (C=O) groups is 1. The molecule has 7 nitrogen and oxygen atoms in total. The summed E-state index contributed by atoms with van der Waals surface area (Å²) in [6.45, 7) is 4.75. The van der Waals surface area contributed by atoms with Gasteiger partial charge in [0.05, 0.1) is 18.8 Å². The standard InChI is InChI=1S/C20H28N4O3/c1-16-17(14-22-23(16)2)13-21-20(25)24(15-19-9-6-11-26-19)10-12-27-18-7-4-3-5-8-18/h3-5,7-8,14,19H,6,9-13,15H2,1-2H3,(H,21,25)/t19-/m0/s1. The zero-order valence-electron chi connectivity index (χ0n) is 16.1. The van der Waals surface area contributed by atoms with Crippen molar-refractivity contribution in [2.45, 2.75) is 32.4 Å². The normalized spacial score (nSPS) is 16.3. The Labute approximate surface area is 160 Å². The lowest BCUT2D eigenvalue weighted by molar-refractivity contribution is 0.0773. The van der Waals surface area contributed by atoms with Gasteiger partial charge in [-0.3, -0.25) is 4.68 Å². The molecular formula is C20H28N4O3. The molecule has 1 N–H and O–H groups in total. The van der Waals surface area contributed by atoms with E-state index in [0.29, 0.717) is 26.2 Å². The number of carbonyl (C=O) groups excluding carboxylic acids is 1. The van der Waals surface area contributed by atoms with Crippen LogP contribution in [0.5, 0.6) is 5.75 Å². The average molecular weight is 372 g/mol. The molecular weight excluding hydrogens is 344 g/mol. The molecule has 1 aromatic carbocycles. The van der Waals surface area contributed by atoms with Crippen molar-refractivity contribution < 1.29 is 14.3 Å². The van der Waals surface area contributed by atoms with Crippen molar-refractivity contribution in [3.05, 3.63) is 47.8 Å². The first-order valence-electron chi connectivity index (χ1n) is 9.43. The lowest BCUT2D eigenvalue weighted by atomic mass is 10.2. The van der Waals surface area contributed by atoms with Gasteiger partial charge < -0.3 is 19.7 Å². The van der Waals surface area contributed by atoms with E-state index in [4.69, 9.17) is 9.47 Å². The number of rotatable bonds is 8. The van der Waals surface area contributed by atoms with Crippen molar-refractivity contribution in [1.29, 1.82) is 0 Å². The van der Waals surface area contributed by atoms with E-state index in [1.807, 2.05) is 44.3 Å². The average Bonchev–Trinajstić information content (AvgIpc) is 3.31. The second-order valence-corrected chi connectivity index (χ2v) is 6.78. The number of hydrogen-bond donors (Lipinski definition) is 1. The minimum Gasteiger partial charge on any atom is -0.492 e. The van der Waals surface area contributed by atoms with Gasteiger partial charge >= 0.3 is 6.03 Å². The molecule has 1 aromatic heterocycles. The molecule has 7 heteroatoms. The van der Waals surface area contributed by atoms with Crippen molar-refractivity contribution in [2.75, 3.05) is 26.3 Å². The first-order valence-corrected chi connectivity index (χ1v) is 9.43. The molecule has 0 unspecified atom stereocenters. The van der Waals surface area contributed by atoms with E-state index in [-0.39, 0.29) is 12.1 Å². The largest absolute Gasteiger partial charge is 0.492 e. The molecule has 0 radical (unpaired) electrons. The molecule has 1 aliphatic rings. The molecule has 0 saturated carbocycles. The Balaban J connectivity index is 1.54. The summed E-state index contributed by atoms with van der Waals surface area (Å²) in [5.41, 5.74) is 2.07. The third-order valence-corrected chi connectivity index (χ3v) is 4.88. The minimum atomic E-state index is -0.106. The smallest absolute Gasteiger partial charge is 0.317 e. The van der Waals surface area contributed by atoms with Gasteiger partial charge in [-0.2, -0.15) is 5.10 Å². The highest BCUT2D eigenvalue weighted by Crippen LogP contribution is 2.14. The highest BCUT2D eigenvalue weighted by Gasteiger charge is 2.22. The van der Waals surface area contributed by atoms with E-state index >= 15 is 0 Å². The zero-order valence-corrected chi connectivity index (χ0v) is 16.1. The van der Waals surface area contributed by atoms with Crippen LogP contribution in [0.1, 0.15) is 24.1 Å². The Morgan fingerprint density at radius 3 is 2.89 bits per heavy atom. The maximum absolute atomic E-state index is 12.7. The van der Waals surface area contributed by atoms with E-state index in [1.165, 1.54) is 0 Å². The Morgan fingerprint density at radius 2 is 2.22 bits per heavy atom. The van der Waals surface area contributed by atoms with Crippen LogP contribution in [-0.4, -0.2) is 53.1 Å². The summed E-state index contributed by atoms with van der Waals surface area (Å²) in [6.07, 6.45) is 3.94. The quantitative estimate of drug-likeness (QED) is 0.773. The van der Waals surface area contributed by atoms with Gasteiger partial charge in [0.2, 0.25) is 0 Å². The summed E-state index contributed by atoms with van der Waals surface area (Å²) in [7, 11) is 1.89. The summed E-state index contributed by atoms with van der Waals surface area (Å²) >= 11 is 0. The van der Waals surface area contributed by atoms with E-state index in [9.17, 15) is 4.79 Å². The van der Waals surface area contributed by atoms with Gasteiger partial charge in [-0.15, -0.1) is 0 Å². The fourth-order valence-corrected chi connectivity index (χ4v) is 3.10. The Bertz CT molecular complexity index is 726. The van der Waals surface area contributed by atoms with Crippen molar-refractivity contribution in [2.24, 2.45) is 7.05 Å². The molecule has 1 atom stereocenters. The number of hydrogen-bond acceptors (Lipinski definition) is 4. The second kappa shape index (κ2) is 9.41. The number of nitrogens with zero attached hydrogens (tertiary/aromatic N) is 3. The summed E-state index contributed by atoms with van der Waals surface area (Å²) in [5.74, 6) is 0.806. The van der Waals surface area contributed by atoms with E-state index in [0.717, 1.165) is 36.5 Å². The number of para-hydroxylation sites is 1. The van der Waals surface area contributed by atoms with Gasteiger partial charge in [-0.1, -0.05) is 18.2 Å². The Hall–Kier alpha value is -2.54. The molecule has 0 aliphatic carbocycles. The molecule has 0 spiro atoms. The maximum Gasteiger partial charge on any atom is 0.317 e. The summed E-state index contributed by atoms with van der Waals surface area (Å²) < 4.78 is 13.3. The van der Waals surface area contributed by atoms with Gasteiger partial charge in [-0.05, 0) is 31.9 Å². The predicted molar refractivity (Wildman–Crippen MR) is 103 cm³/mol. The molecule has 3 rings (SSSR count).